The Bertz CT molecular complexity index is 1170. The van der Waals surface area contributed by atoms with E-state index < -0.39 is 0 Å². The number of fused-ring (bicyclic) bond motifs is 1. The summed E-state index contributed by atoms with van der Waals surface area (Å²) >= 11 is 1.70. The Labute approximate surface area is 197 Å². The Kier molecular flexibility index (Phi) is 7.77. The number of methoxy groups -OCH3 is 1. The van der Waals surface area contributed by atoms with Gasteiger partial charge in [0.2, 0.25) is 0 Å². The van der Waals surface area contributed by atoms with Crippen LogP contribution < -0.4 is 10.2 Å². The highest BCUT2D eigenvalue weighted by atomic mass is 32.1. The highest BCUT2D eigenvalue weighted by Crippen LogP contribution is 2.35. The lowest BCUT2D eigenvalue weighted by molar-refractivity contribution is 0.122. The number of hydrogen-bond acceptors (Lipinski definition) is 9. The third kappa shape index (κ3) is 5.44. The molecule has 1 saturated heterocycles. The predicted molar refractivity (Wildman–Crippen MR) is 135 cm³/mol. The zero-order chi connectivity index (χ0) is 23.0. The molecule has 0 aliphatic carbocycles. The minimum atomic E-state index is 0.334. The number of nitrogens with zero attached hydrogens (tertiary/aromatic N) is 4. The molecule has 172 valence electrons. The van der Waals surface area contributed by atoms with E-state index in [1.807, 2.05) is 37.3 Å². The van der Waals surface area contributed by atoms with Crippen LogP contribution in [0.5, 0.6) is 0 Å². The summed E-state index contributed by atoms with van der Waals surface area (Å²) in [4.78, 5) is 17.5. The number of thiophene rings is 1. The number of ether oxygens (including phenoxy) is 2. The number of hydrogen-bond donors (Lipinski definition) is 2. The maximum absolute atomic E-state index is 7.79. The molecule has 0 radical (unpaired) electrons. The second-order valence-corrected chi connectivity index (χ2v) is 8.59. The fourth-order valence-corrected chi connectivity index (χ4v) is 4.66. The van der Waals surface area contributed by atoms with Gasteiger partial charge in [-0.25, -0.2) is 9.97 Å². The SMILES string of the molecule is C/C=C(\C=N/COC)NCc1cc2nc(-c3ccccc3C=N)nc(N3CCOCC3)c2s1. The Balaban J connectivity index is 1.70. The van der Waals surface area contributed by atoms with E-state index in [1.54, 1.807) is 24.7 Å². The number of rotatable bonds is 9. The molecule has 0 atom stereocenters. The van der Waals surface area contributed by atoms with E-state index in [2.05, 4.69) is 21.3 Å². The van der Waals surface area contributed by atoms with E-state index in [0.717, 1.165) is 50.8 Å². The lowest BCUT2D eigenvalue weighted by atomic mass is 10.1. The van der Waals surface area contributed by atoms with Crippen LogP contribution in [-0.4, -0.2) is 62.5 Å². The van der Waals surface area contributed by atoms with Crippen molar-refractivity contribution in [2.45, 2.75) is 13.5 Å². The van der Waals surface area contributed by atoms with Gasteiger partial charge in [0.05, 0.1) is 23.4 Å². The number of aliphatic imine (C=N–C) groups is 1. The minimum Gasteiger partial charge on any atom is -0.379 e. The van der Waals surface area contributed by atoms with E-state index in [9.17, 15) is 0 Å². The van der Waals surface area contributed by atoms with Gasteiger partial charge in [0.15, 0.2) is 11.6 Å². The van der Waals surface area contributed by atoms with Crippen molar-refractivity contribution in [2.75, 3.05) is 45.0 Å². The summed E-state index contributed by atoms with van der Waals surface area (Å²) in [6.07, 6.45) is 5.12. The molecule has 0 amide bonds. The van der Waals surface area contributed by atoms with Gasteiger partial charge in [0.25, 0.3) is 0 Å². The quantitative estimate of drug-likeness (QED) is 0.467. The summed E-state index contributed by atoms with van der Waals surface area (Å²) in [6, 6.07) is 9.88. The van der Waals surface area contributed by atoms with E-state index >= 15 is 0 Å². The molecule has 0 bridgehead atoms. The molecular weight excluding hydrogens is 436 g/mol. The molecule has 0 spiro atoms. The fourth-order valence-electron chi connectivity index (χ4n) is 3.61. The average Bonchev–Trinajstić information content (AvgIpc) is 3.29. The Morgan fingerprint density at radius 2 is 2.12 bits per heavy atom. The third-order valence-electron chi connectivity index (χ3n) is 5.28. The maximum Gasteiger partial charge on any atom is 0.162 e. The molecule has 8 nitrogen and oxygen atoms in total. The standard InChI is InChI=1S/C24H28N6O2S/c1-3-18(14-26-16-31-2)27-15-19-12-21-22(33-19)24(30-8-10-32-11-9-30)29-23(28-21)20-7-5-4-6-17(20)13-25/h3-7,12-14,25,27H,8-11,15-16H2,1-2H3/b18-3+,25-13?,26-14-. The summed E-state index contributed by atoms with van der Waals surface area (Å²) in [5.74, 6) is 1.57. The van der Waals surface area contributed by atoms with Crippen LogP contribution in [0.1, 0.15) is 17.4 Å². The predicted octanol–water partition coefficient (Wildman–Crippen LogP) is 3.86. The molecule has 3 heterocycles. The number of benzene rings is 1. The largest absolute Gasteiger partial charge is 0.379 e. The van der Waals surface area contributed by atoms with Crippen molar-refractivity contribution in [2.24, 2.45) is 4.99 Å². The van der Waals surface area contributed by atoms with E-state index in [-0.39, 0.29) is 0 Å². The van der Waals surface area contributed by atoms with Gasteiger partial charge in [-0.05, 0) is 13.0 Å². The van der Waals surface area contributed by atoms with Crippen LogP contribution >= 0.6 is 11.3 Å². The molecule has 3 aromatic rings. The van der Waals surface area contributed by atoms with Crippen molar-refractivity contribution in [3.05, 3.63) is 52.5 Å². The first-order valence-corrected chi connectivity index (χ1v) is 11.7. The van der Waals surface area contributed by atoms with Gasteiger partial charge in [0, 0.05) is 60.9 Å². The third-order valence-corrected chi connectivity index (χ3v) is 6.40. The number of aromatic nitrogens is 2. The Morgan fingerprint density at radius 1 is 1.30 bits per heavy atom. The van der Waals surface area contributed by atoms with Gasteiger partial charge in [0.1, 0.15) is 6.73 Å². The first kappa shape index (κ1) is 23.0. The van der Waals surface area contributed by atoms with Gasteiger partial charge in [-0.3, -0.25) is 4.99 Å². The van der Waals surface area contributed by atoms with Gasteiger partial charge in [-0.2, -0.15) is 0 Å². The van der Waals surface area contributed by atoms with Crippen molar-refractivity contribution in [3.8, 4) is 11.4 Å². The van der Waals surface area contributed by atoms with Crippen molar-refractivity contribution < 1.29 is 9.47 Å². The topological polar surface area (TPSA) is 95.7 Å². The first-order valence-electron chi connectivity index (χ1n) is 10.9. The summed E-state index contributed by atoms with van der Waals surface area (Å²) in [6.45, 7) is 5.92. The number of nitrogens with one attached hydrogen (secondary N) is 2. The zero-order valence-corrected chi connectivity index (χ0v) is 19.7. The van der Waals surface area contributed by atoms with Crippen LogP contribution in [0.2, 0.25) is 0 Å². The van der Waals surface area contributed by atoms with Crippen LogP contribution in [0.4, 0.5) is 5.82 Å². The highest BCUT2D eigenvalue weighted by molar-refractivity contribution is 7.19. The summed E-state index contributed by atoms with van der Waals surface area (Å²) in [7, 11) is 1.62. The molecule has 1 aliphatic heterocycles. The maximum atomic E-state index is 7.79. The monoisotopic (exact) mass is 464 g/mol. The zero-order valence-electron chi connectivity index (χ0n) is 18.9. The molecule has 0 unspecified atom stereocenters. The average molecular weight is 465 g/mol. The fraction of sp³-hybridized carbons (Fsp3) is 0.333. The molecule has 33 heavy (non-hydrogen) atoms. The number of anilines is 1. The normalized spacial score (nSPS) is 14.8. The summed E-state index contributed by atoms with van der Waals surface area (Å²) in [5.41, 5.74) is 3.51. The molecule has 4 rings (SSSR count). The van der Waals surface area contributed by atoms with Crippen molar-refractivity contribution >= 4 is 39.8 Å². The number of morpholine rings is 1. The molecule has 2 aromatic heterocycles. The second kappa shape index (κ2) is 11.1. The number of allylic oxidation sites excluding steroid dienone is 2. The van der Waals surface area contributed by atoms with E-state index in [1.165, 1.54) is 6.21 Å². The molecule has 1 fully saturated rings. The van der Waals surface area contributed by atoms with Crippen LogP contribution in [0, 0.1) is 5.41 Å². The van der Waals surface area contributed by atoms with E-state index in [4.69, 9.17) is 24.9 Å². The molecule has 9 heteroatoms. The molecule has 0 saturated carbocycles. The Hall–Kier alpha value is -3.14. The van der Waals surface area contributed by atoms with Gasteiger partial charge >= 0.3 is 0 Å². The first-order chi connectivity index (χ1) is 16.2. The van der Waals surface area contributed by atoms with Gasteiger partial charge in [-0.1, -0.05) is 30.3 Å². The lowest BCUT2D eigenvalue weighted by Crippen LogP contribution is -2.36. The van der Waals surface area contributed by atoms with Crippen LogP contribution in [0.3, 0.4) is 0 Å². The second-order valence-electron chi connectivity index (χ2n) is 7.46. The van der Waals surface area contributed by atoms with Crippen molar-refractivity contribution in [1.82, 2.24) is 15.3 Å². The van der Waals surface area contributed by atoms with Crippen LogP contribution in [0.25, 0.3) is 21.6 Å². The van der Waals surface area contributed by atoms with Gasteiger partial charge in [-0.15, -0.1) is 11.3 Å². The molecule has 2 N–H and O–H groups in total. The van der Waals surface area contributed by atoms with Crippen molar-refractivity contribution in [3.63, 3.8) is 0 Å². The lowest BCUT2D eigenvalue weighted by Gasteiger charge is -2.28. The summed E-state index contributed by atoms with van der Waals surface area (Å²) in [5, 5.41) is 11.2. The highest BCUT2D eigenvalue weighted by Gasteiger charge is 2.20. The summed E-state index contributed by atoms with van der Waals surface area (Å²) < 4.78 is 11.6. The van der Waals surface area contributed by atoms with E-state index in [0.29, 0.717) is 32.3 Å². The molecule has 1 aromatic carbocycles. The van der Waals surface area contributed by atoms with Crippen molar-refractivity contribution in [1.29, 1.82) is 5.41 Å². The molecule has 1 aliphatic rings. The molecular formula is C24H28N6O2S. The smallest absolute Gasteiger partial charge is 0.162 e. The van der Waals surface area contributed by atoms with Crippen LogP contribution in [0.15, 0.2) is 47.1 Å². The Morgan fingerprint density at radius 3 is 2.88 bits per heavy atom. The van der Waals surface area contributed by atoms with Gasteiger partial charge < -0.3 is 25.1 Å². The minimum absolute atomic E-state index is 0.334. The van der Waals surface area contributed by atoms with Crippen LogP contribution in [-0.2, 0) is 16.0 Å².